The van der Waals surface area contributed by atoms with Gasteiger partial charge in [-0.1, -0.05) is 17.7 Å². The van der Waals surface area contributed by atoms with Crippen LogP contribution >= 0.6 is 23.5 Å². The van der Waals surface area contributed by atoms with Gasteiger partial charge in [0.05, 0.1) is 6.42 Å². The number of nitrogens with two attached hydrogens (primary N) is 1. The van der Waals surface area contributed by atoms with Crippen LogP contribution in [0.1, 0.15) is 17.7 Å². The van der Waals surface area contributed by atoms with E-state index in [-0.39, 0.29) is 24.8 Å². The molecule has 11 heteroatoms. The summed E-state index contributed by atoms with van der Waals surface area (Å²) in [4.78, 5) is 12.9. The second kappa shape index (κ2) is 9.88. The Morgan fingerprint density at radius 1 is 1.23 bits per heavy atom. The molecule has 6 nitrogen and oxygen atoms in total. The van der Waals surface area contributed by atoms with E-state index in [4.69, 9.17) is 21.5 Å². The lowest BCUT2D eigenvalue weighted by Gasteiger charge is -2.11. The van der Waals surface area contributed by atoms with Gasteiger partial charge in [0.25, 0.3) is 0 Å². The van der Waals surface area contributed by atoms with E-state index in [9.17, 15) is 18.0 Å². The molecule has 0 saturated carbocycles. The number of alkyl halides is 2. The van der Waals surface area contributed by atoms with Crippen molar-refractivity contribution in [3.05, 3.63) is 70.6 Å². The summed E-state index contributed by atoms with van der Waals surface area (Å²) in [6.45, 7) is -2.70. The lowest BCUT2D eigenvalue weighted by Crippen LogP contribution is -2.15. The molecule has 3 N–H and O–H groups in total. The number of halogens is 4. The molecular formula is C19H16ClF3N4O2S. The van der Waals surface area contributed by atoms with Gasteiger partial charge in [-0.3, -0.25) is 9.93 Å². The number of nitrogens with one attached hydrogen (secondary N) is 1. The van der Waals surface area contributed by atoms with Gasteiger partial charge in [-0.05, 0) is 47.8 Å². The second-order valence-electron chi connectivity index (χ2n) is 6.10. The van der Waals surface area contributed by atoms with Gasteiger partial charge in [0.15, 0.2) is 0 Å². The predicted molar refractivity (Wildman–Crippen MR) is 108 cm³/mol. The van der Waals surface area contributed by atoms with Crippen molar-refractivity contribution in [3.63, 3.8) is 0 Å². The molecule has 0 spiro atoms. The smallest absolute Gasteiger partial charge is 0.333 e. The highest BCUT2D eigenvalue weighted by Gasteiger charge is 2.12. The van der Waals surface area contributed by atoms with Crippen LogP contribution in [0.25, 0.3) is 0 Å². The molecule has 0 aliphatic heterocycles. The molecule has 1 amide bonds. The zero-order valence-electron chi connectivity index (χ0n) is 15.3. The molecule has 0 saturated heterocycles. The number of carbonyl (C=O) groups excluding carboxylic acids is 1. The molecule has 0 aliphatic carbocycles. The summed E-state index contributed by atoms with van der Waals surface area (Å²) in [6.07, 6.45) is 1.02. The van der Waals surface area contributed by atoms with Crippen molar-refractivity contribution in [2.24, 2.45) is 5.14 Å². The number of nitrogens with zero attached hydrogens (tertiary/aromatic N) is 2. The lowest BCUT2D eigenvalue weighted by atomic mass is 10.1. The summed E-state index contributed by atoms with van der Waals surface area (Å²) >= 11 is 6.93. The fourth-order valence-electron chi connectivity index (χ4n) is 2.58. The molecule has 158 valence electrons. The van der Waals surface area contributed by atoms with Crippen LogP contribution in [0.15, 0.2) is 53.6 Å². The monoisotopic (exact) mass is 456 g/mol. The number of carbonyl (C=O) groups is 1. The SMILES string of the molecule is NSc1cc(NC(=O)Cc2cc(F)ccc2Cl)ccc1COc1ccn(C(F)F)n1. The minimum atomic E-state index is -2.75. The summed E-state index contributed by atoms with van der Waals surface area (Å²) in [5.74, 6) is -0.809. The van der Waals surface area contributed by atoms with Gasteiger partial charge >= 0.3 is 6.55 Å². The van der Waals surface area contributed by atoms with Crippen molar-refractivity contribution in [3.8, 4) is 5.88 Å². The number of anilines is 1. The second-order valence-corrected chi connectivity index (χ2v) is 7.18. The van der Waals surface area contributed by atoms with Gasteiger partial charge in [0, 0.05) is 33.4 Å². The van der Waals surface area contributed by atoms with Gasteiger partial charge in [0.1, 0.15) is 12.4 Å². The third kappa shape index (κ3) is 5.68. The van der Waals surface area contributed by atoms with Gasteiger partial charge in [-0.15, -0.1) is 5.10 Å². The van der Waals surface area contributed by atoms with Crippen LogP contribution < -0.4 is 15.2 Å². The Morgan fingerprint density at radius 3 is 2.73 bits per heavy atom. The Balaban J connectivity index is 1.64. The van der Waals surface area contributed by atoms with Crippen LogP contribution in [0.5, 0.6) is 5.88 Å². The number of amides is 1. The standard InChI is InChI=1S/C19H16ClF3N4O2S/c20-15-4-2-13(21)7-12(15)8-17(28)25-14-3-1-11(16(9-14)30-24)10-29-18-5-6-27(26-18)19(22)23/h1-7,9,19H,8,10,24H2,(H,25,28). The Kier molecular flexibility index (Phi) is 7.24. The number of hydrogen-bond donors (Lipinski definition) is 2. The molecular weight excluding hydrogens is 441 g/mol. The average molecular weight is 457 g/mol. The molecule has 0 radical (unpaired) electrons. The van der Waals surface area contributed by atoms with E-state index in [1.807, 2.05) is 0 Å². The maximum Gasteiger partial charge on any atom is 0.333 e. The highest BCUT2D eigenvalue weighted by Crippen LogP contribution is 2.25. The fourth-order valence-corrected chi connectivity index (χ4v) is 3.23. The molecule has 0 fully saturated rings. The Bertz CT molecular complexity index is 1050. The zero-order valence-corrected chi connectivity index (χ0v) is 16.9. The minimum Gasteiger partial charge on any atom is -0.472 e. The van der Waals surface area contributed by atoms with Gasteiger partial charge in [-0.2, -0.15) is 8.78 Å². The molecule has 0 aliphatic rings. The minimum absolute atomic E-state index is 0.0485. The van der Waals surface area contributed by atoms with Crippen molar-refractivity contribution in [1.82, 2.24) is 9.78 Å². The van der Waals surface area contributed by atoms with E-state index < -0.39 is 12.4 Å². The van der Waals surface area contributed by atoms with E-state index >= 15 is 0 Å². The third-order valence-corrected chi connectivity index (χ3v) is 5.00. The number of hydrogen-bond acceptors (Lipinski definition) is 5. The summed E-state index contributed by atoms with van der Waals surface area (Å²) < 4.78 is 44.4. The Hall–Kier alpha value is -2.69. The first-order valence-electron chi connectivity index (χ1n) is 8.55. The van der Waals surface area contributed by atoms with Crippen LogP contribution in [0.4, 0.5) is 18.9 Å². The van der Waals surface area contributed by atoms with E-state index in [1.165, 1.54) is 24.3 Å². The predicted octanol–water partition coefficient (Wildman–Crippen LogP) is 4.80. The first-order valence-corrected chi connectivity index (χ1v) is 9.81. The van der Waals surface area contributed by atoms with Gasteiger partial charge in [0.2, 0.25) is 11.8 Å². The van der Waals surface area contributed by atoms with E-state index in [0.29, 0.717) is 31.4 Å². The first kappa shape index (κ1) is 22.0. The van der Waals surface area contributed by atoms with E-state index in [2.05, 4.69) is 10.4 Å². The van der Waals surface area contributed by atoms with Gasteiger partial charge < -0.3 is 10.1 Å². The highest BCUT2D eigenvalue weighted by atomic mass is 35.5. The van der Waals surface area contributed by atoms with Crippen LogP contribution in [-0.4, -0.2) is 15.7 Å². The Morgan fingerprint density at radius 2 is 2.03 bits per heavy atom. The number of ether oxygens (including phenoxy) is 1. The van der Waals surface area contributed by atoms with Crippen molar-refractivity contribution in [1.29, 1.82) is 0 Å². The Labute approximate surface area is 179 Å². The van der Waals surface area contributed by atoms with E-state index in [0.717, 1.165) is 18.1 Å². The van der Waals surface area contributed by atoms with Crippen LogP contribution in [0.2, 0.25) is 5.02 Å². The largest absolute Gasteiger partial charge is 0.472 e. The van der Waals surface area contributed by atoms with E-state index in [1.54, 1.807) is 18.2 Å². The molecule has 0 atom stereocenters. The van der Waals surface area contributed by atoms with Crippen molar-refractivity contribution >= 4 is 35.1 Å². The van der Waals surface area contributed by atoms with Crippen LogP contribution in [0, 0.1) is 5.82 Å². The molecule has 30 heavy (non-hydrogen) atoms. The maximum atomic E-state index is 13.3. The molecule has 2 aromatic carbocycles. The van der Waals surface area contributed by atoms with Crippen LogP contribution in [-0.2, 0) is 17.8 Å². The third-order valence-electron chi connectivity index (χ3n) is 4.00. The van der Waals surface area contributed by atoms with Crippen molar-refractivity contribution in [2.75, 3.05) is 5.32 Å². The first-order chi connectivity index (χ1) is 14.4. The topological polar surface area (TPSA) is 82.2 Å². The van der Waals surface area contributed by atoms with Crippen LogP contribution in [0.3, 0.4) is 0 Å². The highest BCUT2D eigenvalue weighted by molar-refractivity contribution is 7.97. The van der Waals surface area contributed by atoms with Crippen molar-refractivity contribution in [2.45, 2.75) is 24.5 Å². The molecule has 1 heterocycles. The molecule has 0 unspecified atom stereocenters. The number of benzene rings is 2. The fraction of sp³-hybridized carbons (Fsp3) is 0.158. The number of rotatable bonds is 8. The maximum absolute atomic E-state index is 13.3. The quantitative estimate of drug-likeness (QED) is 0.476. The summed E-state index contributed by atoms with van der Waals surface area (Å²) in [5.41, 5.74) is 1.53. The number of aromatic nitrogens is 2. The zero-order chi connectivity index (χ0) is 21.7. The summed E-state index contributed by atoms with van der Waals surface area (Å²) in [5, 5.41) is 12.3. The average Bonchev–Trinajstić information content (AvgIpc) is 3.19. The summed E-state index contributed by atoms with van der Waals surface area (Å²) in [7, 11) is 0. The summed E-state index contributed by atoms with van der Waals surface area (Å²) in [6, 6.07) is 10.1. The lowest BCUT2D eigenvalue weighted by molar-refractivity contribution is -0.115. The van der Waals surface area contributed by atoms with Gasteiger partial charge in [-0.25, -0.2) is 9.07 Å². The molecule has 1 aromatic heterocycles. The molecule has 0 bridgehead atoms. The molecule has 3 rings (SSSR count). The molecule has 3 aromatic rings. The van der Waals surface area contributed by atoms with Crippen molar-refractivity contribution < 1.29 is 22.7 Å². The normalized spacial score (nSPS) is 11.0.